The zero-order valence-electron chi connectivity index (χ0n) is 17.8. The van der Waals surface area contributed by atoms with Crippen molar-refractivity contribution in [1.29, 1.82) is 0 Å². The van der Waals surface area contributed by atoms with Gasteiger partial charge in [0.2, 0.25) is 5.91 Å². The molecule has 0 aromatic rings. The van der Waals surface area contributed by atoms with Crippen molar-refractivity contribution >= 4 is 41.6 Å². The summed E-state index contributed by atoms with van der Waals surface area (Å²) in [5.41, 5.74) is -0.234. The number of carboxylic acids is 2. The molecule has 12 heteroatoms. The maximum Gasteiger partial charge on any atom is 0.408 e. The number of ether oxygens (including phenoxy) is 1. The van der Waals surface area contributed by atoms with E-state index in [1.807, 2.05) is 0 Å². The molecule has 3 amide bonds. The van der Waals surface area contributed by atoms with Crippen LogP contribution in [0, 0.1) is 0 Å². The minimum Gasteiger partial charge on any atom is -0.480 e. The predicted molar refractivity (Wildman–Crippen MR) is 110 cm³/mol. The summed E-state index contributed by atoms with van der Waals surface area (Å²) in [6.45, 7) is 6.60. The van der Waals surface area contributed by atoms with Crippen LogP contribution < -0.4 is 10.6 Å². The lowest BCUT2D eigenvalue weighted by molar-refractivity contribution is -0.150. The fraction of sp³-hybridized carbons (Fsp3) is 0.632. The van der Waals surface area contributed by atoms with Gasteiger partial charge in [-0.1, -0.05) is 0 Å². The van der Waals surface area contributed by atoms with Crippen molar-refractivity contribution in [2.75, 3.05) is 5.75 Å². The molecule has 1 fully saturated rings. The van der Waals surface area contributed by atoms with E-state index < -0.39 is 52.9 Å². The van der Waals surface area contributed by atoms with Gasteiger partial charge in [-0.05, 0) is 46.1 Å². The highest BCUT2D eigenvalue weighted by Crippen LogP contribution is 2.40. The van der Waals surface area contributed by atoms with E-state index in [4.69, 9.17) is 4.74 Å². The predicted octanol–water partition coefficient (Wildman–Crippen LogP) is 0.893. The zero-order chi connectivity index (χ0) is 23.5. The molecule has 2 heterocycles. The number of hydrogen-bond donors (Lipinski definition) is 4. The van der Waals surface area contributed by atoms with Gasteiger partial charge in [-0.2, -0.15) is 0 Å². The minimum atomic E-state index is -1.25. The van der Waals surface area contributed by atoms with Crippen molar-refractivity contribution in [2.24, 2.45) is 0 Å². The normalized spacial score (nSPS) is 21.5. The summed E-state index contributed by atoms with van der Waals surface area (Å²) >= 11 is 1.37. The van der Waals surface area contributed by atoms with E-state index >= 15 is 0 Å². The molecule has 0 spiro atoms. The number of β-lactam (4-membered cyclic amide) rings is 1. The number of fused-ring (bicyclic) bond motifs is 1. The van der Waals surface area contributed by atoms with Gasteiger partial charge in [-0.15, -0.1) is 11.8 Å². The number of carbonyl (C=O) groups excluding carboxylic acids is 3. The summed E-state index contributed by atoms with van der Waals surface area (Å²) in [4.78, 5) is 60.3. The van der Waals surface area contributed by atoms with Gasteiger partial charge in [-0.3, -0.25) is 14.5 Å². The second-order valence-electron chi connectivity index (χ2n) is 8.32. The topological polar surface area (TPSA) is 162 Å². The standard InChI is InChI=1S/C19H27N3O8S/c1-9-8-31-15-12(14(24)22(15)13(9)17(27)28)21-11(23)7-5-6-10(16(25)26)20-18(29)30-19(2,3)4/h10,12,15H,5-8H2,1-4H3,(H,20,29)(H,21,23)(H,25,26)(H,27,28)/t10?,12?,15-/m0/s1. The van der Waals surface area contributed by atoms with Gasteiger partial charge in [0.1, 0.15) is 28.8 Å². The number of thioether (sulfide) groups is 1. The molecule has 0 aromatic heterocycles. The average Bonchev–Trinajstić information content (AvgIpc) is 2.63. The van der Waals surface area contributed by atoms with Crippen molar-refractivity contribution in [1.82, 2.24) is 15.5 Å². The Morgan fingerprint density at radius 3 is 2.45 bits per heavy atom. The maximum absolute atomic E-state index is 12.4. The third-order valence-corrected chi connectivity index (χ3v) is 5.99. The summed E-state index contributed by atoms with van der Waals surface area (Å²) in [5.74, 6) is -2.93. The summed E-state index contributed by atoms with van der Waals surface area (Å²) in [7, 11) is 0. The van der Waals surface area contributed by atoms with Crippen LogP contribution in [0.1, 0.15) is 47.0 Å². The lowest BCUT2D eigenvalue weighted by atomic mass is 10.0. The van der Waals surface area contributed by atoms with Crippen LogP contribution in [0.4, 0.5) is 4.79 Å². The van der Waals surface area contributed by atoms with E-state index in [1.54, 1.807) is 27.7 Å². The molecule has 31 heavy (non-hydrogen) atoms. The molecule has 0 aromatic carbocycles. The van der Waals surface area contributed by atoms with Crippen LogP contribution >= 0.6 is 11.8 Å². The lowest BCUT2D eigenvalue weighted by Gasteiger charge is -2.49. The third-order valence-electron chi connectivity index (χ3n) is 4.56. The molecular formula is C19H27N3O8S. The van der Waals surface area contributed by atoms with E-state index in [9.17, 15) is 34.2 Å². The average molecular weight is 458 g/mol. The smallest absolute Gasteiger partial charge is 0.408 e. The molecule has 2 aliphatic heterocycles. The van der Waals surface area contributed by atoms with Crippen molar-refractivity contribution in [3.8, 4) is 0 Å². The van der Waals surface area contributed by atoms with Crippen molar-refractivity contribution in [3.05, 3.63) is 11.3 Å². The number of nitrogens with zero attached hydrogens (tertiary/aromatic N) is 1. The van der Waals surface area contributed by atoms with Crippen molar-refractivity contribution < 1.29 is 38.9 Å². The van der Waals surface area contributed by atoms with Gasteiger partial charge in [0, 0.05) is 12.2 Å². The van der Waals surface area contributed by atoms with Gasteiger partial charge >= 0.3 is 18.0 Å². The van der Waals surface area contributed by atoms with Crippen molar-refractivity contribution in [3.63, 3.8) is 0 Å². The molecule has 11 nitrogen and oxygen atoms in total. The first-order valence-corrected chi connectivity index (χ1v) is 10.8. The Morgan fingerprint density at radius 2 is 1.90 bits per heavy atom. The van der Waals surface area contributed by atoms with E-state index in [1.165, 1.54) is 16.7 Å². The van der Waals surface area contributed by atoms with Crippen LogP contribution in [0.3, 0.4) is 0 Å². The molecule has 2 aliphatic rings. The largest absolute Gasteiger partial charge is 0.480 e. The Morgan fingerprint density at radius 1 is 1.26 bits per heavy atom. The maximum atomic E-state index is 12.4. The lowest BCUT2D eigenvalue weighted by Crippen LogP contribution is -2.70. The van der Waals surface area contributed by atoms with Gasteiger partial charge in [0.15, 0.2) is 0 Å². The number of aliphatic carboxylic acids is 2. The third kappa shape index (κ3) is 6.12. The second kappa shape index (κ2) is 9.58. The van der Waals surface area contributed by atoms with Gasteiger partial charge in [-0.25, -0.2) is 14.4 Å². The molecule has 0 radical (unpaired) electrons. The van der Waals surface area contributed by atoms with E-state index in [-0.39, 0.29) is 25.0 Å². The number of alkyl carbamates (subject to hydrolysis) is 1. The first-order valence-electron chi connectivity index (χ1n) is 9.71. The molecule has 0 bridgehead atoms. The van der Waals surface area contributed by atoms with Crippen LogP contribution in [0.2, 0.25) is 0 Å². The van der Waals surface area contributed by atoms with E-state index in [2.05, 4.69) is 10.6 Å². The molecule has 4 N–H and O–H groups in total. The minimum absolute atomic E-state index is 0.00396. The second-order valence-corrected chi connectivity index (χ2v) is 9.42. The van der Waals surface area contributed by atoms with Crippen LogP contribution in [0.25, 0.3) is 0 Å². The fourth-order valence-electron chi connectivity index (χ4n) is 3.19. The van der Waals surface area contributed by atoms with Crippen LogP contribution in [0.15, 0.2) is 11.3 Å². The monoisotopic (exact) mass is 457 g/mol. The number of carbonyl (C=O) groups is 5. The molecule has 2 rings (SSSR count). The molecular weight excluding hydrogens is 430 g/mol. The molecule has 2 unspecified atom stereocenters. The summed E-state index contributed by atoms with van der Waals surface area (Å²) in [6.07, 6.45) is -0.769. The molecule has 1 saturated heterocycles. The highest BCUT2D eigenvalue weighted by molar-refractivity contribution is 8.00. The number of nitrogens with one attached hydrogen (secondary N) is 2. The first-order chi connectivity index (χ1) is 14.3. The molecule has 172 valence electrons. The molecule has 3 atom stereocenters. The zero-order valence-corrected chi connectivity index (χ0v) is 18.6. The Bertz CT molecular complexity index is 819. The Labute approximate surface area is 183 Å². The summed E-state index contributed by atoms with van der Waals surface area (Å²) in [5, 5.41) is 22.9. The highest BCUT2D eigenvalue weighted by atomic mass is 32.2. The molecule has 0 aliphatic carbocycles. The number of rotatable bonds is 8. The number of amides is 3. The van der Waals surface area contributed by atoms with Crippen LogP contribution in [-0.4, -0.2) is 73.8 Å². The Hall–Kier alpha value is -2.76. The summed E-state index contributed by atoms with van der Waals surface area (Å²) in [6, 6.07) is -2.04. The quantitative estimate of drug-likeness (QED) is 0.388. The van der Waals surface area contributed by atoms with Gasteiger partial charge in [0.05, 0.1) is 0 Å². The van der Waals surface area contributed by atoms with Crippen molar-refractivity contribution in [2.45, 2.75) is 70.0 Å². The summed E-state index contributed by atoms with van der Waals surface area (Å²) < 4.78 is 5.03. The fourth-order valence-corrected chi connectivity index (χ4v) is 4.49. The number of hydrogen-bond acceptors (Lipinski definition) is 7. The van der Waals surface area contributed by atoms with Crippen LogP contribution in [0.5, 0.6) is 0 Å². The SMILES string of the molecule is CC1=C(C(=O)O)N2C(=O)C(NC(=O)CCCC(NC(=O)OC(C)(C)C)C(=O)O)[C@@H]2SC1. The highest BCUT2D eigenvalue weighted by Gasteiger charge is 2.53. The van der Waals surface area contributed by atoms with Gasteiger partial charge in [0.25, 0.3) is 5.91 Å². The van der Waals surface area contributed by atoms with E-state index in [0.29, 0.717) is 11.3 Å². The molecule has 0 saturated carbocycles. The number of carboxylic acid groups (broad SMARTS) is 2. The Kier molecular flexibility index (Phi) is 7.58. The van der Waals surface area contributed by atoms with Crippen LogP contribution in [-0.2, 0) is 23.9 Å². The van der Waals surface area contributed by atoms with Gasteiger partial charge < -0.3 is 25.6 Å². The Balaban J connectivity index is 1.83. The first kappa shape index (κ1) is 24.5. The van der Waals surface area contributed by atoms with E-state index in [0.717, 1.165) is 0 Å².